The van der Waals surface area contributed by atoms with Crippen molar-refractivity contribution in [3.8, 4) is 0 Å². The number of benzene rings is 1. The molecule has 0 aliphatic rings. The Morgan fingerprint density at radius 3 is 2.72 bits per heavy atom. The van der Waals surface area contributed by atoms with Crippen LogP contribution >= 0.6 is 0 Å². The van der Waals surface area contributed by atoms with Gasteiger partial charge in [0.25, 0.3) is 0 Å². The normalized spacial score (nSPS) is 12.9. The van der Waals surface area contributed by atoms with Crippen LogP contribution in [0.15, 0.2) is 24.3 Å². The maximum absolute atomic E-state index is 13.0. The second-order valence-electron chi connectivity index (χ2n) is 5.20. The van der Waals surface area contributed by atoms with Gasteiger partial charge in [-0.05, 0) is 71.1 Å². The van der Waals surface area contributed by atoms with Gasteiger partial charge in [0.2, 0.25) is 0 Å². The van der Waals surface area contributed by atoms with Gasteiger partial charge in [0.05, 0.1) is 0 Å². The van der Waals surface area contributed by atoms with E-state index in [9.17, 15) is 4.39 Å². The van der Waals surface area contributed by atoms with Crippen LogP contribution in [-0.4, -0.2) is 38.1 Å². The summed E-state index contributed by atoms with van der Waals surface area (Å²) in [6.45, 7) is 4.32. The summed E-state index contributed by atoms with van der Waals surface area (Å²) in [6.07, 6.45) is 3.28. The number of halogens is 1. The maximum Gasteiger partial charge on any atom is 0.123 e. The molecular weight excluding hydrogens is 227 g/mol. The average Bonchev–Trinajstić information content (AvgIpc) is 2.28. The van der Waals surface area contributed by atoms with Gasteiger partial charge < -0.3 is 10.2 Å². The Bertz CT molecular complexity index is 339. The summed E-state index contributed by atoms with van der Waals surface area (Å²) in [4.78, 5) is 2.20. The van der Waals surface area contributed by atoms with Crippen molar-refractivity contribution in [3.05, 3.63) is 35.6 Å². The van der Waals surface area contributed by atoms with Crippen molar-refractivity contribution >= 4 is 0 Å². The molecule has 0 saturated heterocycles. The highest BCUT2D eigenvalue weighted by molar-refractivity contribution is 5.17. The lowest BCUT2D eigenvalue weighted by Gasteiger charge is -2.14. The van der Waals surface area contributed by atoms with E-state index in [0.717, 1.165) is 25.1 Å². The molecule has 1 unspecified atom stereocenters. The van der Waals surface area contributed by atoms with Crippen LogP contribution < -0.4 is 5.32 Å². The second kappa shape index (κ2) is 8.22. The van der Waals surface area contributed by atoms with Crippen LogP contribution in [0.1, 0.15) is 25.3 Å². The number of nitrogens with one attached hydrogen (secondary N) is 1. The molecule has 102 valence electrons. The van der Waals surface area contributed by atoms with Crippen molar-refractivity contribution in [1.29, 1.82) is 0 Å². The first-order valence-electron chi connectivity index (χ1n) is 6.70. The van der Waals surface area contributed by atoms with E-state index in [0.29, 0.717) is 6.04 Å². The summed E-state index contributed by atoms with van der Waals surface area (Å²) in [7, 11) is 4.19. The van der Waals surface area contributed by atoms with E-state index in [-0.39, 0.29) is 5.82 Å². The van der Waals surface area contributed by atoms with Gasteiger partial charge in [-0.1, -0.05) is 12.1 Å². The fourth-order valence-corrected chi connectivity index (χ4v) is 1.99. The first kappa shape index (κ1) is 15.1. The standard InChI is InChI=1S/C15H25FN2/c1-13(17-9-4-5-10-18(2)3)11-14-7-6-8-15(16)12-14/h6-8,12-13,17H,4-5,9-11H2,1-3H3. The summed E-state index contributed by atoms with van der Waals surface area (Å²) >= 11 is 0. The average molecular weight is 252 g/mol. The van der Waals surface area contributed by atoms with Crippen molar-refractivity contribution in [2.45, 2.75) is 32.2 Å². The molecule has 1 aromatic carbocycles. The maximum atomic E-state index is 13.0. The number of hydrogen-bond donors (Lipinski definition) is 1. The van der Waals surface area contributed by atoms with Crippen LogP contribution in [0.3, 0.4) is 0 Å². The summed E-state index contributed by atoms with van der Waals surface area (Å²) in [5.41, 5.74) is 1.06. The number of unbranched alkanes of at least 4 members (excludes halogenated alkanes) is 1. The van der Waals surface area contributed by atoms with E-state index in [4.69, 9.17) is 0 Å². The lowest BCUT2D eigenvalue weighted by atomic mass is 10.1. The quantitative estimate of drug-likeness (QED) is 0.716. The molecule has 0 heterocycles. The van der Waals surface area contributed by atoms with Crippen molar-refractivity contribution in [3.63, 3.8) is 0 Å². The van der Waals surface area contributed by atoms with Crippen LogP contribution in [0, 0.1) is 5.82 Å². The summed E-state index contributed by atoms with van der Waals surface area (Å²) in [6, 6.07) is 7.25. The summed E-state index contributed by atoms with van der Waals surface area (Å²) in [5.74, 6) is -0.148. The second-order valence-corrected chi connectivity index (χ2v) is 5.20. The lowest BCUT2D eigenvalue weighted by molar-refractivity contribution is 0.388. The highest BCUT2D eigenvalue weighted by Gasteiger charge is 2.03. The highest BCUT2D eigenvalue weighted by atomic mass is 19.1. The van der Waals surface area contributed by atoms with Gasteiger partial charge >= 0.3 is 0 Å². The molecule has 1 atom stereocenters. The molecule has 0 bridgehead atoms. The largest absolute Gasteiger partial charge is 0.314 e. The Kier molecular flexibility index (Phi) is 6.91. The van der Waals surface area contributed by atoms with E-state index < -0.39 is 0 Å². The minimum atomic E-state index is -0.148. The monoisotopic (exact) mass is 252 g/mol. The Hall–Kier alpha value is -0.930. The van der Waals surface area contributed by atoms with Crippen LogP contribution in [0.5, 0.6) is 0 Å². The number of nitrogens with zero attached hydrogens (tertiary/aromatic N) is 1. The van der Waals surface area contributed by atoms with Gasteiger partial charge in [0, 0.05) is 6.04 Å². The Morgan fingerprint density at radius 2 is 2.06 bits per heavy atom. The zero-order valence-electron chi connectivity index (χ0n) is 11.7. The van der Waals surface area contributed by atoms with E-state index in [1.54, 1.807) is 12.1 Å². The molecule has 0 aliphatic carbocycles. The molecule has 3 heteroatoms. The molecule has 0 amide bonds. The van der Waals surface area contributed by atoms with Gasteiger partial charge in [0.1, 0.15) is 5.82 Å². The molecule has 0 spiro atoms. The van der Waals surface area contributed by atoms with E-state index in [1.165, 1.54) is 18.9 Å². The zero-order valence-corrected chi connectivity index (χ0v) is 11.7. The van der Waals surface area contributed by atoms with Crippen LogP contribution in [-0.2, 0) is 6.42 Å². The molecule has 0 radical (unpaired) electrons. The number of hydrogen-bond acceptors (Lipinski definition) is 2. The van der Waals surface area contributed by atoms with Gasteiger partial charge in [-0.2, -0.15) is 0 Å². The summed E-state index contributed by atoms with van der Waals surface area (Å²) in [5, 5.41) is 3.48. The number of rotatable bonds is 8. The van der Waals surface area contributed by atoms with Gasteiger partial charge in [-0.15, -0.1) is 0 Å². The van der Waals surface area contributed by atoms with Crippen LogP contribution in [0.4, 0.5) is 4.39 Å². The first-order chi connectivity index (χ1) is 8.58. The van der Waals surface area contributed by atoms with E-state index in [1.807, 2.05) is 6.07 Å². The zero-order chi connectivity index (χ0) is 13.4. The molecule has 1 N–H and O–H groups in total. The Balaban J connectivity index is 2.16. The first-order valence-corrected chi connectivity index (χ1v) is 6.70. The molecule has 18 heavy (non-hydrogen) atoms. The lowest BCUT2D eigenvalue weighted by Crippen LogP contribution is -2.29. The van der Waals surface area contributed by atoms with Crippen molar-refractivity contribution in [2.24, 2.45) is 0 Å². The van der Waals surface area contributed by atoms with Crippen molar-refractivity contribution in [1.82, 2.24) is 10.2 Å². The topological polar surface area (TPSA) is 15.3 Å². The Morgan fingerprint density at radius 1 is 1.28 bits per heavy atom. The molecular formula is C15H25FN2. The van der Waals surface area contributed by atoms with Gasteiger partial charge in [-0.25, -0.2) is 4.39 Å². The van der Waals surface area contributed by atoms with Gasteiger partial charge in [-0.3, -0.25) is 0 Å². The fourth-order valence-electron chi connectivity index (χ4n) is 1.99. The van der Waals surface area contributed by atoms with Gasteiger partial charge in [0.15, 0.2) is 0 Å². The molecule has 2 nitrogen and oxygen atoms in total. The molecule has 0 aromatic heterocycles. The van der Waals surface area contributed by atoms with Crippen molar-refractivity contribution in [2.75, 3.05) is 27.2 Å². The third-order valence-corrected chi connectivity index (χ3v) is 2.96. The molecule has 1 aromatic rings. The van der Waals surface area contributed by atoms with Crippen molar-refractivity contribution < 1.29 is 4.39 Å². The van der Waals surface area contributed by atoms with Crippen LogP contribution in [0.2, 0.25) is 0 Å². The molecule has 0 aliphatic heterocycles. The van der Waals surface area contributed by atoms with E-state index in [2.05, 4.69) is 31.2 Å². The van der Waals surface area contributed by atoms with E-state index >= 15 is 0 Å². The highest BCUT2D eigenvalue weighted by Crippen LogP contribution is 2.06. The predicted octanol–water partition coefficient (Wildman–Crippen LogP) is 2.69. The molecule has 0 saturated carbocycles. The third kappa shape index (κ3) is 6.72. The minimum absolute atomic E-state index is 0.148. The minimum Gasteiger partial charge on any atom is -0.314 e. The third-order valence-electron chi connectivity index (χ3n) is 2.96. The Labute approximate surface area is 110 Å². The molecule has 1 rings (SSSR count). The summed E-state index contributed by atoms with van der Waals surface area (Å²) < 4.78 is 13.0. The predicted molar refractivity (Wildman–Crippen MR) is 75.4 cm³/mol. The molecule has 0 fully saturated rings. The SMILES string of the molecule is CC(Cc1cccc(F)c1)NCCCCN(C)C. The fraction of sp³-hybridized carbons (Fsp3) is 0.600. The van der Waals surface area contributed by atoms with Crippen LogP contribution in [0.25, 0.3) is 0 Å². The smallest absolute Gasteiger partial charge is 0.123 e.